The fourth-order valence-electron chi connectivity index (χ4n) is 2.32. The van der Waals surface area contributed by atoms with Crippen LogP contribution in [0.25, 0.3) is 11.0 Å². The summed E-state index contributed by atoms with van der Waals surface area (Å²) in [7, 11) is 0. The van der Waals surface area contributed by atoms with E-state index in [0.29, 0.717) is 17.6 Å². The molecule has 0 fully saturated rings. The molecular formula is C16H14N2O3. The van der Waals surface area contributed by atoms with Crippen molar-refractivity contribution in [1.29, 1.82) is 0 Å². The number of rotatable bonds is 3. The molecule has 3 aromatic rings. The van der Waals surface area contributed by atoms with Crippen LogP contribution < -0.4 is 5.69 Å². The quantitative estimate of drug-likeness (QED) is 0.774. The number of aromatic nitrogens is 2. The van der Waals surface area contributed by atoms with Crippen LogP contribution in [0.3, 0.4) is 0 Å². The summed E-state index contributed by atoms with van der Waals surface area (Å²) < 4.78 is 1.55. The van der Waals surface area contributed by atoms with Gasteiger partial charge >= 0.3 is 11.7 Å². The first kappa shape index (κ1) is 13.2. The molecule has 0 amide bonds. The van der Waals surface area contributed by atoms with Crippen molar-refractivity contribution in [2.45, 2.75) is 13.5 Å². The molecule has 1 heterocycles. The minimum absolute atomic E-state index is 0.166. The first-order valence-corrected chi connectivity index (χ1v) is 6.56. The number of nitrogens with one attached hydrogen (secondary N) is 1. The lowest BCUT2D eigenvalue weighted by Gasteiger charge is -2.05. The molecule has 2 N–H and O–H groups in total. The molecule has 0 bridgehead atoms. The molecule has 5 nitrogen and oxygen atoms in total. The number of aryl methyl sites for hydroxylation is 1. The Balaban J connectivity index is 2.10. The average Bonchev–Trinajstić information content (AvgIpc) is 2.77. The van der Waals surface area contributed by atoms with E-state index in [-0.39, 0.29) is 11.3 Å². The Morgan fingerprint density at radius 3 is 2.57 bits per heavy atom. The number of fused-ring (bicyclic) bond motifs is 1. The van der Waals surface area contributed by atoms with Crippen molar-refractivity contribution in [2.24, 2.45) is 0 Å². The minimum atomic E-state index is -1.01. The Bertz CT molecular complexity index is 873. The second kappa shape index (κ2) is 4.94. The highest BCUT2D eigenvalue weighted by atomic mass is 16.4. The van der Waals surface area contributed by atoms with Crippen molar-refractivity contribution in [3.63, 3.8) is 0 Å². The first-order chi connectivity index (χ1) is 10.0. The molecule has 0 aliphatic carbocycles. The van der Waals surface area contributed by atoms with Crippen molar-refractivity contribution in [3.8, 4) is 0 Å². The van der Waals surface area contributed by atoms with E-state index in [1.54, 1.807) is 10.6 Å². The average molecular weight is 282 g/mol. The number of carboxylic acid groups (broad SMARTS) is 1. The molecule has 0 aliphatic rings. The second-order valence-electron chi connectivity index (χ2n) is 5.04. The number of carbonyl (C=O) groups is 1. The van der Waals surface area contributed by atoms with Crippen LogP contribution >= 0.6 is 0 Å². The van der Waals surface area contributed by atoms with Gasteiger partial charge in [-0.2, -0.15) is 0 Å². The molecule has 0 atom stereocenters. The number of benzene rings is 2. The third-order valence-corrected chi connectivity index (χ3v) is 3.48. The first-order valence-electron chi connectivity index (χ1n) is 6.56. The van der Waals surface area contributed by atoms with Gasteiger partial charge in [0.25, 0.3) is 0 Å². The fraction of sp³-hybridized carbons (Fsp3) is 0.125. The van der Waals surface area contributed by atoms with Gasteiger partial charge in [0.2, 0.25) is 0 Å². The molecule has 0 unspecified atom stereocenters. The van der Waals surface area contributed by atoms with Gasteiger partial charge in [-0.15, -0.1) is 0 Å². The maximum absolute atomic E-state index is 12.1. The predicted molar refractivity (Wildman–Crippen MR) is 79.8 cm³/mol. The molecular weight excluding hydrogens is 268 g/mol. The van der Waals surface area contributed by atoms with Crippen molar-refractivity contribution in [2.75, 3.05) is 0 Å². The van der Waals surface area contributed by atoms with Crippen LogP contribution in [0.5, 0.6) is 0 Å². The van der Waals surface area contributed by atoms with E-state index in [1.807, 2.05) is 31.2 Å². The molecule has 3 rings (SSSR count). The monoisotopic (exact) mass is 282 g/mol. The summed E-state index contributed by atoms with van der Waals surface area (Å²) in [6.45, 7) is 2.41. The minimum Gasteiger partial charge on any atom is -0.478 e. The lowest BCUT2D eigenvalue weighted by atomic mass is 10.1. The zero-order chi connectivity index (χ0) is 15.0. The van der Waals surface area contributed by atoms with Crippen molar-refractivity contribution in [1.82, 2.24) is 9.55 Å². The lowest BCUT2D eigenvalue weighted by molar-refractivity contribution is 0.0697. The summed E-state index contributed by atoms with van der Waals surface area (Å²) in [5, 5.41) is 9.06. The summed E-state index contributed by atoms with van der Waals surface area (Å²) in [5.41, 5.74) is 3.30. The van der Waals surface area contributed by atoms with Crippen LogP contribution in [0.1, 0.15) is 21.5 Å². The predicted octanol–water partition coefficient (Wildman–Crippen LogP) is 2.38. The SMILES string of the molecule is Cc1ccc(Cn2c(=O)[nH]c3ccc(C(=O)O)cc32)cc1. The van der Waals surface area contributed by atoms with Crippen LogP contribution in [-0.2, 0) is 6.54 Å². The Morgan fingerprint density at radius 2 is 1.90 bits per heavy atom. The molecule has 0 radical (unpaired) electrons. The third kappa shape index (κ3) is 2.45. The lowest BCUT2D eigenvalue weighted by Crippen LogP contribution is -2.17. The second-order valence-corrected chi connectivity index (χ2v) is 5.04. The van der Waals surface area contributed by atoms with E-state index in [9.17, 15) is 9.59 Å². The van der Waals surface area contributed by atoms with Gasteiger partial charge < -0.3 is 10.1 Å². The fourth-order valence-corrected chi connectivity index (χ4v) is 2.32. The number of H-pyrrole nitrogens is 1. The van der Waals surface area contributed by atoms with Crippen LogP contribution in [0.2, 0.25) is 0 Å². The summed E-state index contributed by atoms with van der Waals surface area (Å²) in [6.07, 6.45) is 0. The number of imidazole rings is 1. The zero-order valence-corrected chi connectivity index (χ0v) is 11.5. The van der Waals surface area contributed by atoms with Crippen LogP contribution in [0.4, 0.5) is 0 Å². The smallest absolute Gasteiger partial charge is 0.335 e. The van der Waals surface area contributed by atoms with Gasteiger partial charge in [0.05, 0.1) is 23.1 Å². The number of carboxylic acids is 1. The normalized spacial score (nSPS) is 10.9. The Labute approximate surface area is 120 Å². The van der Waals surface area contributed by atoms with E-state index in [4.69, 9.17) is 5.11 Å². The molecule has 106 valence electrons. The molecule has 0 spiro atoms. The van der Waals surface area contributed by atoms with Crippen molar-refractivity contribution < 1.29 is 9.90 Å². The number of hydrogen-bond acceptors (Lipinski definition) is 2. The zero-order valence-electron chi connectivity index (χ0n) is 11.5. The van der Waals surface area contributed by atoms with E-state index in [2.05, 4.69) is 4.98 Å². The van der Waals surface area contributed by atoms with Crippen LogP contribution in [0, 0.1) is 6.92 Å². The molecule has 0 saturated carbocycles. The van der Waals surface area contributed by atoms with Crippen LogP contribution in [-0.4, -0.2) is 20.6 Å². The van der Waals surface area contributed by atoms with Crippen molar-refractivity contribution in [3.05, 3.63) is 69.6 Å². The number of aromatic amines is 1. The van der Waals surface area contributed by atoms with E-state index < -0.39 is 5.97 Å². The van der Waals surface area contributed by atoms with Crippen LogP contribution in [0.15, 0.2) is 47.3 Å². The van der Waals surface area contributed by atoms with Crippen molar-refractivity contribution >= 4 is 17.0 Å². The Morgan fingerprint density at radius 1 is 1.19 bits per heavy atom. The highest BCUT2D eigenvalue weighted by Gasteiger charge is 2.10. The number of hydrogen-bond donors (Lipinski definition) is 2. The Kier molecular flexibility index (Phi) is 3.10. The summed E-state index contributed by atoms with van der Waals surface area (Å²) in [4.78, 5) is 25.9. The molecule has 0 saturated heterocycles. The van der Waals surface area contributed by atoms with E-state index in [0.717, 1.165) is 11.1 Å². The molecule has 1 aromatic heterocycles. The molecule has 2 aromatic carbocycles. The highest BCUT2D eigenvalue weighted by Crippen LogP contribution is 2.15. The van der Waals surface area contributed by atoms with Gasteiger partial charge in [-0.3, -0.25) is 4.57 Å². The van der Waals surface area contributed by atoms with E-state index in [1.165, 1.54) is 12.1 Å². The van der Waals surface area contributed by atoms with Gasteiger partial charge in [0.15, 0.2) is 0 Å². The molecule has 0 aliphatic heterocycles. The summed E-state index contributed by atoms with van der Waals surface area (Å²) in [6, 6.07) is 12.5. The highest BCUT2D eigenvalue weighted by molar-refractivity contribution is 5.92. The maximum atomic E-state index is 12.1. The van der Waals surface area contributed by atoms with Gasteiger partial charge in [-0.1, -0.05) is 29.8 Å². The summed E-state index contributed by atoms with van der Waals surface area (Å²) in [5.74, 6) is -1.01. The largest absolute Gasteiger partial charge is 0.478 e. The molecule has 5 heteroatoms. The standard InChI is InChI=1S/C16H14N2O3/c1-10-2-4-11(5-3-10)9-18-14-8-12(15(19)20)6-7-13(14)17-16(18)21/h2-8H,9H2,1H3,(H,17,21)(H,19,20). The number of nitrogens with zero attached hydrogens (tertiary/aromatic N) is 1. The maximum Gasteiger partial charge on any atom is 0.335 e. The van der Waals surface area contributed by atoms with Gasteiger partial charge in [0, 0.05) is 0 Å². The molecule has 21 heavy (non-hydrogen) atoms. The number of aromatic carboxylic acids is 1. The Hall–Kier alpha value is -2.82. The third-order valence-electron chi connectivity index (χ3n) is 3.48. The van der Waals surface area contributed by atoms with Gasteiger partial charge in [-0.05, 0) is 30.7 Å². The van der Waals surface area contributed by atoms with Gasteiger partial charge in [-0.25, -0.2) is 9.59 Å². The summed E-state index contributed by atoms with van der Waals surface area (Å²) >= 11 is 0. The topological polar surface area (TPSA) is 75.1 Å². The van der Waals surface area contributed by atoms with Gasteiger partial charge in [0.1, 0.15) is 0 Å². The van der Waals surface area contributed by atoms with E-state index >= 15 is 0 Å².